The zero-order chi connectivity index (χ0) is 17.7. The van der Waals surface area contributed by atoms with E-state index >= 15 is 0 Å². The Hall–Kier alpha value is -1.85. The van der Waals surface area contributed by atoms with Crippen LogP contribution in [0.15, 0.2) is 64.5 Å². The fraction of sp³-hybridized carbons (Fsp3) is 0.316. The molecule has 1 N–H and O–H groups in total. The van der Waals surface area contributed by atoms with Crippen LogP contribution in [0.2, 0.25) is 5.02 Å². The summed E-state index contributed by atoms with van der Waals surface area (Å²) in [7, 11) is -3.68. The molecule has 0 saturated heterocycles. The van der Waals surface area contributed by atoms with Crippen LogP contribution in [0, 0.1) is 0 Å². The number of nitrogens with one attached hydrogen (secondary N) is 1. The molecule has 0 amide bonds. The van der Waals surface area contributed by atoms with E-state index in [1.54, 1.807) is 54.6 Å². The van der Waals surface area contributed by atoms with Gasteiger partial charge in [-0.25, -0.2) is 8.42 Å². The summed E-state index contributed by atoms with van der Waals surface area (Å²) in [5, 5.41) is 0.603. The van der Waals surface area contributed by atoms with Gasteiger partial charge in [-0.15, -0.1) is 0 Å². The zero-order valence-corrected chi connectivity index (χ0v) is 15.4. The SMILES string of the molecule is O=S(=O)(NC(=NC1CCCCC1)c1ccc(Cl)cc1)c1ccccc1. The van der Waals surface area contributed by atoms with E-state index in [9.17, 15) is 8.42 Å². The maximum absolute atomic E-state index is 12.7. The molecule has 0 heterocycles. The normalized spacial score (nSPS) is 16.6. The van der Waals surface area contributed by atoms with Crippen molar-refractivity contribution in [3.05, 3.63) is 65.2 Å². The molecule has 0 unspecified atom stereocenters. The van der Waals surface area contributed by atoms with E-state index in [1.807, 2.05) is 0 Å². The molecule has 1 fully saturated rings. The maximum atomic E-state index is 12.7. The van der Waals surface area contributed by atoms with Crippen molar-refractivity contribution in [1.29, 1.82) is 0 Å². The minimum absolute atomic E-state index is 0.151. The van der Waals surface area contributed by atoms with Gasteiger partial charge in [0.2, 0.25) is 0 Å². The minimum Gasteiger partial charge on any atom is -0.264 e. The molecule has 25 heavy (non-hydrogen) atoms. The maximum Gasteiger partial charge on any atom is 0.263 e. The highest BCUT2D eigenvalue weighted by Crippen LogP contribution is 2.21. The van der Waals surface area contributed by atoms with Gasteiger partial charge in [0, 0.05) is 10.6 Å². The molecular formula is C19H21ClN2O2S. The molecular weight excluding hydrogens is 356 g/mol. The van der Waals surface area contributed by atoms with Crippen molar-refractivity contribution in [2.45, 2.75) is 43.0 Å². The van der Waals surface area contributed by atoms with Gasteiger partial charge in [-0.3, -0.25) is 9.71 Å². The summed E-state index contributed by atoms with van der Waals surface area (Å²) in [6, 6.07) is 15.5. The molecule has 0 aromatic heterocycles. The molecule has 0 spiro atoms. The van der Waals surface area contributed by atoms with Crippen molar-refractivity contribution in [2.24, 2.45) is 4.99 Å². The lowest BCUT2D eigenvalue weighted by molar-refractivity contribution is 0.443. The second kappa shape index (κ2) is 8.02. The molecule has 1 aliphatic rings. The van der Waals surface area contributed by atoms with Gasteiger partial charge >= 0.3 is 0 Å². The van der Waals surface area contributed by atoms with Crippen LogP contribution in [0.25, 0.3) is 0 Å². The Morgan fingerprint density at radius 1 is 0.960 bits per heavy atom. The second-order valence-electron chi connectivity index (χ2n) is 6.19. The summed E-state index contributed by atoms with van der Waals surface area (Å²) in [5.41, 5.74) is 0.717. The molecule has 0 bridgehead atoms. The van der Waals surface area contributed by atoms with Crippen LogP contribution in [-0.2, 0) is 10.0 Å². The van der Waals surface area contributed by atoms with Crippen molar-refractivity contribution in [1.82, 2.24) is 4.72 Å². The minimum atomic E-state index is -3.68. The van der Waals surface area contributed by atoms with Crippen molar-refractivity contribution < 1.29 is 8.42 Å². The van der Waals surface area contributed by atoms with E-state index in [1.165, 1.54) is 6.42 Å². The fourth-order valence-corrected chi connectivity index (χ4v) is 4.13. The Kier molecular flexibility index (Phi) is 5.76. The van der Waals surface area contributed by atoms with Crippen LogP contribution >= 0.6 is 11.6 Å². The van der Waals surface area contributed by atoms with E-state index in [2.05, 4.69) is 4.72 Å². The average Bonchev–Trinajstić information content (AvgIpc) is 2.63. The number of hydrogen-bond donors (Lipinski definition) is 1. The highest BCUT2D eigenvalue weighted by atomic mass is 35.5. The van der Waals surface area contributed by atoms with Crippen LogP contribution < -0.4 is 4.72 Å². The Morgan fingerprint density at radius 2 is 1.60 bits per heavy atom. The molecule has 2 aromatic rings. The number of sulfonamides is 1. The molecule has 132 valence electrons. The predicted octanol–water partition coefficient (Wildman–Crippen LogP) is 4.40. The molecule has 1 aliphatic carbocycles. The van der Waals surface area contributed by atoms with Crippen molar-refractivity contribution in [3.63, 3.8) is 0 Å². The molecule has 4 nitrogen and oxygen atoms in total. The molecule has 0 radical (unpaired) electrons. The largest absolute Gasteiger partial charge is 0.264 e. The lowest BCUT2D eigenvalue weighted by Crippen LogP contribution is -2.33. The summed E-state index contributed by atoms with van der Waals surface area (Å²) < 4.78 is 28.1. The number of hydrogen-bond acceptors (Lipinski definition) is 3. The highest BCUT2D eigenvalue weighted by molar-refractivity contribution is 7.90. The first kappa shape index (κ1) is 18.0. The third-order valence-electron chi connectivity index (χ3n) is 4.29. The van der Waals surface area contributed by atoms with E-state index in [0.29, 0.717) is 10.9 Å². The van der Waals surface area contributed by atoms with E-state index < -0.39 is 10.0 Å². The van der Waals surface area contributed by atoms with Gasteiger partial charge in [0.05, 0.1) is 10.9 Å². The highest BCUT2D eigenvalue weighted by Gasteiger charge is 2.20. The van der Waals surface area contributed by atoms with Crippen LogP contribution in [0.4, 0.5) is 0 Å². The van der Waals surface area contributed by atoms with Gasteiger partial charge in [0.15, 0.2) is 0 Å². The lowest BCUT2D eigenvalue weighted by atomic mass is 9.96. The van der Waals surface area contributed by atoms with Gasteiger partial charge in [-0.05, 0) is 49.2 Å². The predicted molar refractivity (Wildman–Crippen MR) is 102 cm³/mol. The van der Waals surface area contributed by atoms with Gasteiger partial charge < -0.3 is 0 Å². The number of halogens is 1. The van der Waals surface area contributed by atoms with Gasteiger partial charge in [0.1, 0.15) is 5.84 Å². The summed E-state index contributed by atoms with van der Waals surface area (Å²) in [4.78, 5) is 4.95. The van der Waals surface area contributed by atoms with Crippen LogP contribution in [0.5, 0.6) is 0 Å². The lowest BCUT2D eigenvalue weighted by Gasteiger charge is -2.20. The average molecular weight is 377 g/mol. The quantitative estimate of drug-likeness (QED) is 0.635. The van der Waals surface area contributed by atoms with Crippen molar-refractivity contribution in [2.75, 3.05) is 0 Å². The van der Waals surface area contributed by atoms with Crippen LogP contribution in [0.3, 0.4) is 0 Å². The molecule has 0 aliphatic heterocycles. The van der Waals surface area contributed by atoms with E-state index in [0.717, 1.165) is 31.2 Å². The molecule has 1 saturated carbocycles. The van der Waals surface area contributed by atoms with Crippen LogP contribution in [0.1, 0.15) is 37.7 Å². The van der Waals surface area contributed by atoms with E-state index in [4.69, 9.17) is 16.6 Å². The third-order valence-corrected chi connectivity index (χ3v) is 5.90. The third kappa shape index (κ3) is 4.83. The number of aliphatic imine (C=N–C) groups is 1. The van der Waals surface area contributed by atoms with Gasteiger partial charge in [0.25, 0.3) is 10.0 Å². The Labute approximate surface area is 154 Å². The summed E-state index contributed by atoms with van der Waals surface area (Å²) in [6.45, 7) is 0. The Bertz CT molecular complexity index is 827. The Balaban J connectivity index is 1.93. The molecule has 6 heteroatoms. The van der Waals surface area contributed by atoms with Crippen molar-refractivity contribution in [3.8, 4) is 0 Å². The number of rotatable bonds is 4. The van der Waals surface area contributed by atoms with Gasteiger partial charge in [-0.2, -0.15) is 0 Å². The molecule has 2 aromatic carbocycles. The first-order valence-electron chi connectivity index (χ1n) is 8.46. The molecule has 0 atom stereocenters. The molecule has 3 rings (SSSR count). The van der Waals surface area contributed by atoms with Gasteiger partial charge in [-0.1, -0.05) is 49.1 Å². The smallest absolute Gasteiger partial charge is 0.263 e. The topological polar surface area (TPSA) is 58.5 Å². The summed E-state index contributed by atoms with van der Waals surface area (Å²) >= 11 is 5.96. The fourth-order valence-electron chi connectivity index (χ4n) is 2.95. The summed E-state index contributed by atoms with van der Waals surface area (Å²) in [5.74, 6) is 0.382. The second-order valence-corrected chi connectivity index (χ2v) is 8.31. The van der Waals surface area contributed by atoms with E-state index in [-0.39, 0.29) is 10.9 Å². The zero-order valence-electron chi connectivity index (χ0n) is 13.9. The first-order valence-corrected chi connectivity index (χ1v) is 10.3. The monoisotopic (exact) mass is 376 g/mol. The summed E-state index contributed by atoms with van der Waals surface area (Å²) in [6.07, 6.45) is 5.47. The number of nitrogens with zero attached hydrogens (tertiary/aromatic N) is 1. The standard InChI is InChI=1S/C19H21ClN2O2S/c20-16-13-11-15(12-14-16)19(21-17-7-3-1-4-8-17)22-25(23,24)18-9-5-2-6-10-18/h2,5-6,9-14,17H,1,3-4,7-8H2,(H,21,22). The van der Waals surface area contributed by atoms with Crippen molar-refractivity contribution >= 4 is 27.5 Å². The number of amidine groups is 1. The number of benzene rings is 2. The first-order chi connectivity index (χ1) is 12.0. The van der Waals surface area contributed by atoms with Crippen LogP contribution in [-0.4, -0.2) is 20.3 Å². The Morgan fingerprint density at radius 3 is 2.24 bits per heavy atom.